The molecular weight excluding hydrogens is 479 g/mol. The molecule has 1 aliphatic heterocycles. The van der Waals surface area contributed by atoms with E-state index in [9.17, 15) is 26.4 Å². The Kier molecular flexibility index (Phi) is 6.64. The third kappa shape index (κ3) is 4.08. The van der Waals surface area contributed by atoms with Gasteiger partial charge in [0, 0.05) is 37.0 Å². The second-order valence-electron chi connectivity index (χ2n) is 9.18. The normalized spacial score (nSPS) is 27.2. The zero-order valence-electron chi connectivity index (χ0n) is 19.2. The molecule has 2 aliphatic carbocycles. The van der Waals surface area contributed by atoms with Crippen LogP contribution in [0.2, 0.25) is 0 Å². The lowest BCUT2D eigenvalue weighted by Gasteiger charge is -2.58. The molecule has 8 nitrogen and oxygen atoms in total. The topological polar surface area (TPSA) is 91.4 Å². The Labute approximate surface area is 196 Å². The first-order valence-corrected chi connectivity index (χ1v) is 12.4. The van der Waals surface area contributed by atoms with Crippen molar-refractivity contribution in [3.8, 4) is 11.5 Å². The van der Waals surface area contributed by atoms with E-state index in [0.29, 0.717) is 48.9 Å². The number of ether oxygens (including phenoxy) is 3. The lowest BCUT2D eigenvalue weighted by atomic mass is 9.51. The molecule has 1 heterocycles. The van der Waals surface area contributed by atoms with Crippen LogP contribution in [0.4, 0.5) is 13.2 Å². The molecule has 0 spiro atoms. The highest BCUT2D eigenvalue weighted by Gasteiger charge is 2.58. The van der Waals surface area contributed by atoms with Gasteiger partial charge in [-0.2, -0.15) is 21.6 Å². The molecule has 1 aromatic rings. The standard InChI is InChI=1S/C22H28F3NO7S/c1-26-7-6-21-10-14(27)4-5-16(21)17(26)9-15-13(11-32-12-30-2)8-18(31-3)20(19(15)21)33-34(28,29)22(23,24)25/h8,16-17H,4-7,9-12H2,1-3H3/t16-,17?,21-/m0/s1. The largest absolute Gasteiger partial charge is 0.534 e. The van der Waals surface area contributed by atoms with Gasteiger partial charge < -0.3 is 23.3 Å². The van der Waals surface area contributed by atoms with Gasteiger partial charge in [0.1, 0.15) is 12.6 Å². The van der Waals surface area contributed by atoms with E-state index >= 15 is 0 Å². The lowest BCUT2D eigenvalue weighted by molar-refractivity contribution is -0.127. The van der Waals surface area contributed by atoms with Crippen LogP contribution in [0.1, 0.15) is 42.4 Å². The molecule has 1 aromatic carbocycles. The number of likely N-dealkylation sites (tertiary alicyclic amines) is 1. The molecule has 34 heavy (non-hydrogen) atoms. The van der Waals surface area contributed by atoms with E-state index in [1.807, 2.05) is 7.05 Å². The van der Waals surface area contributed by atoms with Crippen molar-refractivity contribution >= 4 is 15.9 Å². The predicted molar refractivity (Wildman–Crippen MR) is 114 cm³/mol. The van der Waals surface area contributed by atoms with Gasteiger partial charge in [-0.25, -0.2) is 0 Å². The molecule has 1 saturated heterocycles. The highest BCUT2D eigenvalue weighted by molar-refractivity contribution is 7.88. The maximum absolute atomic E-state index is 13.3. The van der Waals surface area contributed by atoms with Crippen molar-refractivity contribution in [1.82, 2.24) is 4.90 Å². The van der Waals surface area contributed by atoms with E-state index in [0.717, 1.165) is 0 Å². The van der Waals surface area contributed by atoms with Crippen molar-refractivity contribution in [1.29, 1.82) is 0 Å². The number of alkyl halides is 3. The van der Waals surface area contributed by atoms with Gasteiger partial charge in [-0.05, 0) is 56.0 Å². The third-order valence-corrected chi connectivity index (χ3v) is 8.36. The summed E-state index contributed by atoms with van der Waals surface area (Å²) in [4.78, 5) is 14.9. The minimum Gasteiger partial charge on any atom is -0.493 e. The summed E-state index contributed by atoms with van der Waals surface area (Å²) in [7, 11) is -1.28. The monoisotopic (exact) mass is 507 g/mol. The number of fused-ring (bicyclic) bond motifs is 1. The number of Topliss-reactive ketones (excluding diaryl/α,β-unsaturated/α-hetero) is 1. The van der Waals surface area contributed by atoms with Crippen LogP contribution in [-0.2, 0) is 42.8 Å². The van der Waals surface area contributed by atoms with Crippen molar-refractivity contribution in [2.24, 2.45) is 5.92 Å². The molecule has 4 rings (SSSR count). The van der Waals surface area contributed by atoms with Gasteiger partial charge in [-0.1, -0.05) is 0 Å². The Balaban J connectivity index is 1.98. The number of hydrogen-bond acceptors (Lipinski definition) is 8. The minimum atomic E-state index is -5.97. The molecule has 3 aliphatic rings. The molecule has 190 valence electrons. The molecule has 1 saturated carbocycles. The molecule has 0 aromatic heterocycles. The molecule has 0 amide bonds. The SMILES string of the molecule is COCOCc1cc(OC)c(OS(=O)(=O)C(F)(F)F)c2c1CC1[C@@H]3CCC(=O)C[C@]23CCN1C. The van der Waals surface area contributed by atoms with Crippen molar-refractivity contribution in [3.05, 3.63) is 22.8 Å². The van der Waals surface area contributed by atoms with Crippen LogP contribution in [-0.4, -0.2) is 65.3 Å². The predicted octanol–water partition coefficient (Wildman–Crippen LogP) is 2.91. The number of benzene rings is 1. The Morgan fingerprint density at radius 2 is 2.00 bits per heavy atom. The van der Waals surface area contributed by atoms with E-state index in [-0.39, 0.29) is 43.3 Å². The summed E-state index contributed by atoms with van der Waals surface area (Å²) in [5, 5.41) is 0. The number of piperidine rings is 1. The molecule has 0 radical (unpaired) electrons. The maximum atomic E-state index is 13.3. The summed E-state index contributed by atoms with van der Waals surface area (Å²) in [6.45, 7) is 0.684. The smallest absolute Gasteiger partial charge is 0.493 e. The summed E-state index contributed by atoms with van der Waals surface area (Å²) < 4.78 is 84.8. The summed E-state index contributed by atoms with van der Waals surface area (Å²) in [6, 6.07) is 1.50. The van der Waals surface area contributed by atoms with Crippen LogP contribution >= 0.6 is 0 Å². The van der Waals surface area contributed by atoms with Crippen LogP contribution in [0, 0.1) is 5.92 Å². The molecule has 1 unspecified atom stereocenters. The van der Waals surface area contributed by atoms with Gasteiger partial charge in [0.15, 0.2) is 11.5 Å². The van der Waals surface area contributed by atoms with Crippen LogP contribution in [0.5, 0.6) is 11.5 Å². The molecule has 12 heteroatoms. The lowest BCUT2D eigenvalue weighted by Crippen LogP contribution is -2.61. The van der Waals surface area contributed by atoms with Gasteiger partial charge in [-0.3, -0.25) is 4.79 Å². The number of carbonyl (C=O) groups excluding carboxylic acids is 1. The van der Waals surface area contributed by atoms with E-state index in [1.54, 1.807) is 0 Å². The summed E-state index contributed by atoms with van der Waals surface area (Å²) in [5.74, 6) is -0.664. The van der Waals surface area contributed by atoms with Crippen LogP contribution in [0.25, 0.3) is 0 Å². The number of ketones is 1. The fraction of sp³-hybridized carbons (Fsp3) is 0.682. The van der Waals surface area contributed by atoms with Gasteiger partial charge in [-0.15, -0.1) is 0 Å². The number of halogens is 3. The first kappa shape index (κ1) is 25.2. The van der Waals surface area contributed by atoms with Crippen LogP contribution < -0.4 is 8.92 Å². The Morgan fingerprint density at radius 3 is 2.65 bits per heavy atom. The molecule has 0 N–H and O–H groups in total. The van der Waals surface area contributed by atoms with E-state index in [1.165, 1.54) is 20.3 Å². The third-order valence-electron chi connectivity index (χ3n) is 7.41. The molecule has 2 bridgehead atoms. The van der Waals surface area contributed by atoms with E-state index in [4.69, 9.17) is 18.4 Å². The summed E-state index contributed by atoms with van der Waals surface area (Å²) in [5.41, 5.74) is -4.85. The number of carbonyl (C=O) groups is 1. The highest BCUT2D eigenvalue weighted by atomic mass is 32.2. The van der Waals surface area contributed by atoms with Crippen LogP contribution in [0.3, 0.4) is 0 Å². The second-order valence-corrected chi connectivity index (χ2v) is 10.7. The Bertz CT molecular complexity index is 1080. The number of methoxy groups -OCH3 is 2. The van der Waals surface area contributed by atoms with Crippen molar-refractivity contribution in [2.45, 2.75) is 55.7 Å². The summed E-state index contributed by atoms with van der Waals surface area (Å²) >= 11 is 0. The zero-order valence-corrected chi connectivity index (χ0v) is 20.1. The number of nitrogens with zero attached hydrogens (tertiary/aromatic N) is 1. The molecule has 3 atom stereocenters. The van der Waals surface area contributed by atoms with E-state index < -0.39 is 26.8 Å². The fourth-order valence-electron chi connectivity index (χ4n) is 6.00. The first-order valence-electron chi connectivity index (χ1n) is 11.0. The Hall–Kier alpha value is -1.89. The quantitative estimate of drug-likeness (QED) is 0.241. The maximum Gasteiger partial charge on any atom is 0.534 e. The zero-order chi connectivity index (χ0) is 24.9. The average molecular weight is 508 g/mol. The Morgan fingerprint density at radius 1 is 1.26 bits per heavy atom. The second kappa shape index (κ2) is 8.96. The first-order chi connectivity index (χ1) is 15.9. The van der Waals surface area contributed by atoms with Crippen LogP contribution in [0.15, 0.2) is 6.07 Å². The van der Waals surface area contributed by atoms with Gasteiger partial charge in [0.2, 0.25) is 0 Å². The summed E-state index contributed by atoms with van der Waals surface area (Å²) in [6.07, 6.45) is 2.02. The van der Waals surface area contributed by atoms with E-state index in [2.05, 4.69) is 4.90 Å². The highest BCUT2D eigenvalue weighted by Crippen LogP contribution is 2.59. The van der Waals surface area contributed by atoms with Gasteiger partial charge in [0.05, 0.1) is 13.7 Å². The molecule has 2 fully saturated rings. The van der Waals surface area contributed by atoms with Gasteiger partial charge in [0.25, 0.3) is 0 Å². The van der Waals surface area contributed by atoms with Gasteiger partial charge >= 0.3 is 15.6 Å². The molecular formula is C22H28F3NO7S. The number of hydrogen-bond donors (Lipinski definition) is 0. The van der Waals surface area contributed by atoms with Crippen molar-refractivity contribution in [3.63, 3.8) is 0 Å². The minimum absolute atomic E-state index is 0.00275. The van der Waals surface area contributed by atoms with Crippen molar-refractivity contribution < 1.29 is 44.8 Å². The average Bonchev–Trinajstić information content (AvgIpc) is 2.76. The van der Waals surface area contributed by atoms with Crippen molar-refractivity contribution in [2.75, 3.05) is 34.6 Å². The number of likely N-dealkylation sites (N-methyl/N-ethyl adjacent to an activating group) is 1. The fourth-order valence-corrected chi connectivity index (χ4v) is 6.48. The number of rotatable bonds is 7.